The summed E-state index contributed by atoms with van der Waals surface area (Å²) in [5.41, 5.74) is 3.04. The highest BCUT2D eigenvalue weighted by atomic mass is 16.5. The summed E-state index contributed by atoms with van der Waals surface area (Å²) in [6.07, 6.45) is 8.63. The molecule has 146 valence electrons. The number of terminal acetylenes is 1. The van der Waals surface area contributed by atoms with Gasteiger partial charge in [-0.1, -0.05) is 12.0 Å². The number of fused-ring (bicyclic) bond motifs is 1. The van der Waals surface area contributed by atoms with Gasteiger partial charge in [-0.25, -0.2) is 14.8 Å². The zero-order valence-electron chi connectivity index (χ0n) is 15.8. The molecule has 0 aliphatic carbocycles. The number of urea groups is 1. The molecule has 0 unspecified atom stereocenters. The fourth-order valence-corrected chi connectivity index (χ4v) is 3.25. The van der Waals surface area contributed by atoms with Crippen molar-refractivity contribution in [2.24, 2.45) is 0 Å². The molecule has 0 bridgehead atoms. The molecule has 1 aliphatic heterocycles. The molecular formula is C22H21N5O2. The SMILES string of the molecule is C#Cc1cccc(Nc2ncnc3ccc(NC(=O)NC4CCOCC4)cc23)c1. The van der Waals surface area contributed by atoms with Gasteiger partial charge in [0.05, 0.1) is 5.52 Å². The monoisotopic (exact) mass is 387 g/mol. The second-order valence-electron chi connectivity index (χ2n) is 6.79. The third-order valence-corrected chi connectivity index (χ3v) is 4.74. The molecule has 0 spiro atoms. The molecule has 1 saturated heterocycles. The van der Waals surface area contributed by atoms with Crippen molar-refractivity contribution >= 4 is 34.1 Å². The fourth-order valence-electron chi connectivity index (χ4n) is 3.25. The van der Waals surface area contributed by atoms with E-state index in [1.54, 1.807) is 0 Å². The average Bonchev–Trinajstić information content (AvgIpc) is 2.75. The zero-order chi connectivity index (χ0) is 20.1. The maximum absolute atomic E-state index is 12.3. The van der Waals surface area contributed by atoms with Crippen LogP contribution in [0.25, 0.3) is 10.9 Å². The van der Waals surface area contributed by atoms with Gasteiger partial charge in [0.15, 0.2) is 0 Å². The van der Waals surface area contributed by atoms with Gasteiger partial charge in [0, 0.05) is 41.6 Å². The van der Waals surface area contributed by atoms with Crippen LogP contribution in [0.2, 0.25) is 0 Å². The van der Waals surface area contributed by atoms with Crippen LogP contribution in [-0.4, -0.2) is 35.3 Å². The molecule has 7 nitrogen and oxygen atoms in total. The van der Waals surface area contributed by atoms with Crippen LogP contribution in [0.15, 0.2) is 48.8 Å². The highest BCUT2D eigenvalue weighted by Gasteiger charge is 2.16. The van der Waals surface area contributed by atoms with Gasteiger partial charge in [0.1, 0.15) is 12.1 Å². The van der Waals surface area contributed by atoms with E-state index in [2.05, 4.69) is 31.8 Å². The van der Waals surface area contributed by atoms with E-state index >= 15 is 0 Å². The Hall–Kier alpha value is -3.63. The predicted molar refractivity (Wildman–Crippen MR) is 113 cm³/mol. The number of rotatable bonds is 4. The van der Waals surface area contributed by atoms with Crippen molar-refractivity contribution in [3.8, 4) is 12.3 Å². The Kier molecular flexibility index (Phi) is 5.54. The molecule has 1 aromatic heterocycles. The van der Waals surface area contributed by atoms with Crippen molar-refractivity contribution in [1.29, 1.82) is 0 Å². The molecule has 3 aromatic rings. The highest BCUT2D eigenvalue weighted by Crippen LogP contribution is 2.26. The molecule has 7 heteroatoms. The van der Waals surface area contributed by atoms with Gasteiger partial charge in [0.25, 0.3) is 0 Å². The summed E-state index contributed by atoms with van der Waals surface area (Å²) < 4.78 is 5.32. The lowest BCUT2D eigenvalue weighted by Crippen LogP contribution is -2.41. The lowest BCUT2D eigenvalue weighted by molar-refractivity contribution is 0.0806. The number of amides is 2. The van der Waals surface area contributed by atoms with E-state index in [1.807, 2.05) is 42.5 Å². The van der Waals surface area contributed by atoms with Crippen molar-refractivity contribution in [1.82, 2.24) is 15.3 Å². The van der Waals surface area contributed by atoms with Gasteiger partial charge in [-0.15, -0.1) is 6.42 Å². The Morgan fingerprint density at radius 3 is 2.79 bits per heavy atom. The molecule has 1 aliphatic rings. The maximum atomic E-state index is 12.3. The lowest BCUT2D eigenvalue weighted by atomic mass is 10.1. The van der Waals surface area contributed by atoms with Crippen LogP contribution >= 0.6 is 0 Å². The summed E-state index contributed by atoms with van der Waals surface area (Å²) in [5, 5.41) is 9.95. The topological polar surface area (TPSA) is 88.2 Å². The number of benzene rings is 2. The van der Waals surface area contributed by atoms with Gasteiger partial charge < -0.3 is 20.7 Å². The number of hydrogen-bond donors (Lipinski definition) is 3. The largest absolute Gasteiger partial charge is 0.381 e. The summed E-state index contributed by atoms with van der Waals surface area (Å²) in [6.45, 7) is 1.35. The normalized spacial score (nSPS) is 14.2. The minimum absolute atomic E-state index is 0.133. The summed E-state index contributed by atoms with van der Waals surface area (Å²) in [4.78, 5) is 21.0. The summed E-state index contributed by atoms with van der Waals surface area (Å²) >= 11 is 0. The van der Waals surface area contributed by atoms with E-state index in [0.29, 0.717) is 24.7 Å². The second kappa shape index (κ2) is 8.59. The average molecular weight is 387 g/mol. The van der Waals surface area contributed by atoms with Crippen LogP contribution in [0.5, 0.6) is 0 Å². The van der Waals surface area contributed by atoms with E-state index in [1.165, 1.54) is 6.33 Å². The van der Waals surface area contributed by atoms with Crippen LogP contribution < -0.4 is 16.0 Å². The summed E-state index contributed by atoms with van der Waals surface area (Å²) in [6, 6.07) is 13.0. The number of anilines is 3. The van der Waals surface area contributed by atoms with Crippen molar-refractivity contribution < 1.29 is 9.53 Å². The van der Waals surface area contributed by atoms with Crippen LogP contribution in [0.1, 0.15) is 18.4 Å². The second-order valence-corrected chi connectivity index (χ2v) is 6.79. The number of ether oxygens (including phenoxy) is 1. The van der Waals surface area contributed by atoms with Crippen LogP contribution in [0.4, 0.5) is 22.0 Å². The van der Waals surface area contributed by atoms with Crippen molar-refractivity contribution in [3.63, 3.8) is 0 Å². The van der Waals surface area contributed by atoms with Gasteiger partial charge >= 0.3 is 6.03 Å². The number of nitrogens with one attached hydrogen (secondary N) is 3. The quantitative estimate of drug-likeness (QED) is 0.595. The van der Waals surface area contributed by atoms with Crippen LogP contribution in [0.3, 0.4) is 0 Å². The Morgan fingerprint density at radius 1 is 1.10 bits per heavy atom. The number of carbonyl (C=O) groups is 1. The first-order valence-electron chi connectivity index (χ1n) is 9.45. The Labute approximate surface area is 168 Å². The molecule has 4 rings (SSSR count). The first-order chi connectivity index (χ1) is 14.2. The maximum Gasteiger partial charge on any atom is 0.319 e. The third-order valence-electron chi connectivity index (χ3n) is 4.74. The van der Waals surface area contributed by atoms with Crippen LogP contribution in [-0.2, 0) is 4.74 Å². The summed E-state index contributed by atoms with van der Waals surface area (Å²) in [7, 11) is 0. The standard InChI is InChI=1S/C22H21N5O2/c1-2-15-4-3-5-17(12-15)25-21-19-13-18(6-7-20(19)23-14-24-21)27-22(28)26-16-8-10-29-11-9-16/h1,3-7,12-14,16H,8-11H2,(H,23,24,25)(H2,26,27,28). The molecule has 3 N–H and O–H groups in total. The van der Waals surface area contributed by atoms with Gasteiger partial charge in [0.2, 0.25) is 0 Å². The minimum atomic E-state index is -0.232. The van der Waals surface area contributed by atoms with E-state index in [-0.39, 0.29) is 12.1 Å². The molecule has 1 fully saturated rings. The van der Waals surface area contributed by atoms with Gasteiger partial charge in [-0.3, -0.25) is 0 Å². The highest BCUT2D eigenvalue weighted by molar-refractivity contribution is 5.96. The fraction of sp³-hybridized carbons (Fsp3) is 0.227. The van der Waals surface area contributed by atoms with Crippen molar-refractivity contribution in [3.05, 3.63) is 54.4 Å². The lowest BCUT2D eigenvalue weighted by Gasteiger charge is -2.23. The number of hydrogen-bond acceptors (Lipinski definition) is 5. The molecule has 29 heavy (non-hydrogen) atoms. The van der Waals surface area contributed by atoms with Gasteiger partial charge in [-0.2, -0.15) is 0 Å². The minimum Gasteiger partial charge on any atom is -0.381 e. The first kappa shape index (κ1) is 18.7. The van der Waals surface area contributed by atoms with E-state index in [4.69, 9.17) is 11.2 Å². The summed E-state index contributed by atoms with van der Waals surface area (Å²) in [5.74, 6) is 3.26. The van der Waals surface area contributed by atoms with Gasteiger partial charge in [-0.05, 0) is 49.2 Å². The molecule has 2 amide bonds. The van der Waals surface area contributed by atoms with E-state index in [0.717, 1.165) is 35.0 Å². The molecule has 2 heterocycles. The first-order valence-corrected chi connectivity index (χ1v) is 9.45. The molecule has 0 atom stereocenters. The Morgan fingerprint density at radius 2 is 1.97 bits per heavy atom. The van der Waals surface area contributed by atoms with E-state index in [9.17, 15) is 4.79 Å². The van der Waals surface area contributed by atoms with Crippen molar-refractivity contribution in [2.75, 3.05) is 23.8 Å². The zero-order valence-corrected chi connectivity index (χ0v) is 15.8. The molecule has 2 aromatic carbocycles. The molecule has 0 saturated carbocycles. The Bertz CT molecular complexity index is 1070. The van der Waals surface area contributed by atoms with E-state index < -0.39 is 0 Å². The number of nitrogens with zero attached hydrogens (tertiary/aromatic N) is 2. The molecular weight excluding hydrogens is 366 g/mol. The predicted octanol–water partition coefficient (Wildman–Crippen LogP) is 3.66. The molecule has 0 radical (unpaired) electrons. The van der Waals surface area contributed by atoms with Crippen LogP contribution in [0, 0.1) is 12.3 Å². The van der Waals surface area contributed by atoms with Crippen molar-refractivity contribution in [2.45, 2.75) is 18.9 Å². The number of carbonyl (C=O) groups excluding carboxylic acids is 1. The Balaban J connectivity index is 1.53. The third kappa shape index (κ3) is 4.62. The number of aromatic nitrogens is 2. The smallest absolute Gasteiger partial charge is 0.319 e.